The van der Waals surface area contributed by atoms with Gasteiger partial charge in [-0.05, 0) is 48.4 Å². The molecule has 1 amide bonds. The molecule has 0 fully saturated rings. The van der Waals surface area contributed by atoms with Crippen LogP contribution in [0.2, 0.25) is 5.02 Å². The van der Waals surface area contributed by atoms with E-state index in [-0.39, 0.29) is 6.04 Å². The van der Waals surface area contributed by atoms with Crippen molar-refractivity contribution in [2.24, 2.45) is 0 Å². The van der Waals surface area contributed by atoms with Crippen LogP contribution in [0, 0.1) is 0 Å². The molecule has 0 radical (unpaired) electrons. The zero-order chi connectivity index (χ0) is 20.5. The van der Waals surface area contributed by atoms with Crippen LogP contribution in [-0.2, 0) is 19.1 Å². The zero-order valence-electron chi connectivity index (χ0n) is 15.5. The van der Waals surface area contributed by atoms with Crippen LogP contribution in [0.15, 0.2) is 54.6 Å². The van der Waals surface area contributed by atoms with Gasteiger partial charge < -0.3 is 14.8 Å². The van der Waals surface area contributed by atoms with Gasteiger partial charge in [0.15, 0.2) is 6.61 Å². The van der Waals surface area contributed by atoms with Gasteiger partial charge in [0, 0.05) is 11.1 Å². The van der Waals surface area contributed by atoms with E-state index in [0.717, 1.165) is 5.56 Å². The average molecular weight is 402 g/mol. The molecule has 0 saturated heterocycles. The van der Waals surface area contributed by atoms with Gasteiger partial charge in [0.05, 0.1) is 18.7 Å². The fraction of sp³-hybridized carbons (Fsp3) is 0.190. The summed E-state index contributed by atoms with van der Waals surface area (Å²) < 4.78 is 9.54. The van der Waals surface area contributed by atoms with Gasteiger partial charge >= 0.3 is 11.9 Å². The maximum Gasteiger partial charge on any atom is 0.337 e. The van der Waals surface area contributed by atoms with Crippen molar-refractivity contribution in [1.29, 1.82) is 0 Å². The zero-order valence-corrected chi connectivity index (χ0v) is 16.2. The molecular formula is C21H20ClNO5. The lowest BCUT2D eigenvalue weighted by molar-refractivity contribution is -0.144. The lowest BCUT2D eigenvalue weighted by Gasteiger charge is -2.14. The number of halogens is 1. The second kappa shape index (κ2) is 10.3. The Morgan fingerprint density at radius 3 is 2.50 bits per heavy atom. The largest absolute Gasteiger partial charge is 0.465 e. The molecule has 2 aromatic rings. The topological polar surface area (TPSA) is 81.7 Å². The summed E-state index contributed by atoms with van der Waals surface area (Å²) in [5.74, 6) is -1.51. The summed E-state index contributed by atoms with van der Waals surface area (Å²) in [5, 5.41) is 3.31. The minimum absolute atomic E-state index is 0.270. The minimum Gasteiger partial charge on any atom is -0.465 e. The third kappa shape index (κ3) is 6.55. The Bertz CT molecular complexity index is 877. The number of esters is 2. The second-order valence-electron chi connectivity index (χ2n) is 5.90. The van der Waals surface area contributed by atoms with E-state index >= 15 is 0 Å². The van der Waals surface area contributed by atoms with Crippen LogP contribution < -0.4 is 5.32 Å². The molecule has 0 aliphatic carbocycles. The predicted octanol–water partition coefficient (Wildman–Crippen LogP) is 3.56. The molecule has 0 aliphatic heterocycles. The molecule has 0 spiro atoms. The summed E-state index contributed by atoms with van der Waals surface area (Å²) in [5.41, 5.74) is 1.96. The van der Waals surface area contributed by atoms with Gasteiger partial charge in [-0.25, -0.2) is 9.59 Å². The highest BCUT2D eigenvalue weighted by atomic mass is 35.5. The molecule has 1 atom stereocenters. The number of hydrogen-bond donors (Lipinski definition) is 1. The Labute approximate surface area is 168 Å². The summed E-state index contributed by atoms with van der Waals surface area (Å²) in [6.45, 7) is 1.42. The van der Waals surface area contributed by atoms with E-state index < -0.39 is 24.5 Å². The number of hydrogen-bond acceptors (Lipinski definition) is 5. The highest BCUT2D eigenvalue weighted by molar-refractivity contribution is 6.30. The van der Waals surface area contributed by atoms with E-state index in [1.54, 1.807) is 42.5 Å². The van der Waals surface area contributed by atoms with Crippen LogP contribution in [0.25, 0.3) is 6.08 Å². The van der Waals surface area contributed by atoms with Crippen LogP contribution >= 0.6 is 11.6 Å². The lowest BCUT2D eigenvalue weighted by atomic mass is 10.1. The van der Waals surface area contributed by atoms with E-state index in [2.05, 4.69) is 10.1 Å². The first kappa shape index (κ1) is 21.2. The Kier molecular flexibility index (Phi) is 7.77. The van der Waals surface area contributed by atoms with Crippen molar-refractivity contribution >= 4 is 35.5 Å². The van der Waals surface area contributed by atoms with Crippen molar-refractivity contribution in [3.05, 3.63) is 76.3 Å². The standard InChI is InChI=1S/C21H20ClNO5/c1-14(17-4-3-5-18(22)12-17)23-19(24)13-28-20(25)11-8-15-6-9-16(10-7-15)21(26)27-2/h3-12,14H,13H2,1-2H3,(H,23,24)/b11-8+/t14-/m1/s1. The molecule has 0 aliphatic rings. The summed E-state index contributed by atoms with van der Waals surface area (Å²) >= 11 is 5.93. The van der Waals surface area contributed by atoms with Crippen LogP contribution in [0.4, 0.5) is 0 Å². The highest BCUT2D eigenvalue weighted by Gasteiger charge is 2.11. The molecule has 28 heavy (non-hydrogen) atoms. The van der Waals surface area contributed by atoms with Crippen molar-refractivity contribution in [3.8, 4) is 0 Å². The van der Waals surface area contributed by atoms with E-state index in [4.69, 9.17) is 16.3 Å². The molecular weight excluding hydrogens is 382 g/mol. The van der Waals surface area contributed by atoms with Crippen molar-refractivity contribution in [2.45, 2.75) is 13.0 Å². The van der Waals surface area contributed by atoms with Crippen LogP contribution in [0.3, 0.4) is 0 Å². The number of benzene rings is 2. The molecule has 1 N–H and O–H groups in total. The fourth-order valence-electron chi connectivity index (χ4n) is 2.34. The normalized spacial score (nSPS) is 11.7. The van der Waals surface area contributed by atoms with Crippen molar-refractivity contribution in [3.63, 3.8) is 0 Å². The number of ether oxygens (including phenoxy) is 2. The molecule has 7 heteroatoms. The predicted molar refractivity (Wildman–Crippen MR) is 106 cm³/mol. The first-order valence-corrected chi connectivity index (χ1v) is 8.85. The van der Waals surface area contributed by atoms with E-state index in [1.807, 2.05) is 13.0 Å². The van der Waals surface area contributed by atoms with Crippen LogP contribution in [0.5, 0.6) is 0 Å². The lowest BCUT2D eigenvalue weighted by Crippen LogP contribution is -2.30. The van der Waals surface area contributed by atoms with Gasteiger partial charge in [-0.3, -0.25) is 4.79 Å². The smallest absolute Gasteiger partial charge is 0.337 e. The number of carbonyl (C=O) groups excluding carboxylic acids is 3. The van der Waals surface area contributed by atoms with E-state index in [9.17, 15) is 14.4 Å². The third-order valence-corrected chi connectivity index (χ3v) is 4.05. The van der Waals surface area contributed by atoms with Crippen molar-refractivity contribution in [2.75, 3.05) is 13.7 Å². The van der Waals surface area contributed by atoms with Gasteiger partial charge in [0.1, 0.15) is 0 Å². The molecule has 0 aromatic heterocycles. The van der Waals surface area contributed by atoms with Gasteiger partial charge in [-0.15, -0.1) is 0 Å². The Hall–Kier alpha value is -3.12. The summed E-state index contributed by atoms with van der Waals surface area (Å²) in [6.07, 6.45) is 2.73. The molecule has 6 nitrogen and oxygen atoms in total. The molecule has 0 bridgehead atoms. The minimum atomic E-state index is -0.650. The first-order valence-electron chi connectivity index (χ1n) is 8.47. The van der Waals surface area contributed by atoms with Gasteiger partial charge in [-0.1, -0.05) is 35.9 Å². The molecule has 2 rings (SSSR count). The quantitative estimate of drug-likeness (QED) is 0.566. The molecule has 0 unspecified atom stereocenters. The van der Waals surface area contributed by atoms with Crippen LogP contribution in [-0.4, -0.2) is 31.6 Å². The molecule has 0 saturated carbocycles. The van der Waals surface area contributed by atoms with Gasteiger partial charge in [-0.2, -0.15) is 0 Å². The Balaban J connectivity index is 1.80. The molecule has 0 heterocycles. The second-order valence-corrected chi connectivity index (χ2v) is 6.34. The number of methoxy groups -OCH3 is 1. The summed E-state index contributed by atoms with van der Waals surface area (Å²) in [7, 11) is 1.30. The Morgan fingerprint density at radius 1 is 1.14 bits per heavy atom. The van der Waals surface area contributed by atoms with Crippen LogP contribution in [0.1, 0.15) is 34.5 Å². The van der Waals surface area contributed by atoms with Gasteiger partial charge in [0.2, 0.25) is 0 Å². The SMILES string of the molecule is COC(=O)c1ccc(/C=C/C(=O)OCC(=O)N[C@H](C)c2cccc(Cl)c2)cc1. The Morgan fingerprint density at radius 2 is 1.86 bits per heavy atom. The first-order chi connectivity index (χ1) is 13.4. The van der Waals surface area contributed by atoms with Gasteiger partial charge in [0.25, 0.3) is 5.91 Å². The summed E-state index contributed by atoms with van der Waals surface area (Å²) in [4.78, 5) is 35.1. The third-order valence-electron chi connectivity index (χ3n) is 3.82. The average Bonchev–Trinajstić information content (AvgIpc) is 2.70. The fourth-order valence-corrected chi connectivity index (χ4v) is 2.54. The number of carbonyl (C=O) groups is 3. The number of amides is 1. The number of rotatable bonds is 7. The van der Waals surface area contributed by atoms with E-state index in [0.29, 0.717) is 16.1 Å². The maximum atomic E-state index is 11.9. The van der Waals surface area contributed by atoms with Crippen molar-refractivity contribution in [1.82, 2.24) is 5.32 Å². The number of nitrogens with one attached hydrogen (secondary N) is 1. The van der Waals surface area contributed by atoms with Crippen molar-refractivity contribution < 1.29 is 23.9 Å². The van der Waals surface area contributed by atoms with E-state index in [1.165, 1.54) is 19.3 Å². The monoisotopic (exact) mass is 401 g/mol. The maximum absolute atomic E-state index is 11.9. The molecule has 2 aromatic carbocycles. The molecule has 146 valence electrons. The summed E-state index contributed by atoms with van der Waals surface area (Å²) in [6, 6.07) is 13.4. The highest BCUT2D eigenvalue weighted by Crippen LogP contribution is 2.17.